The summed E-state index contributed by atoms with van der Waals surface area (Å²) in [5.41, 5.74) is 2.02. The number of phenols is 1. The molecule has 0 aliphatic rings. The van der Waals surface area contributed by atoms with Gasteiger partial charge in [0.1, 0.15) is 5.75 Å². The number of hydrogen-bond acceptors (Lipinski definition) is 3. The van der Waals surface area contributed by atoms with E-state index in [1.807, 2.05) is 6.92 Å². The third kappa shape index (κ3) is 2.59. The fourth-order valence-corrected chi connectivity index (χ4v) is 1.33. The molecule has 0 bridgehead atoms. The van der Waals surface area contributed by atoms with Crippen molar-refractivity contribution in [2.24, 2.45) is 5.90 Å². The van der Waals surface area contributed by atoms with Gasteiger partial charge in [-0.1, -0.05) is 11.6 Å². The van der Waals surface area contributed by atoms with Crippen molar-refractivity contribution in [1.29, 1.82) is 0 Å². The number of nitrogens with two attached hydrogens (primary N) is 1. The van der Waals surface area contributed by atoms with Gasteiger partial charge < -0.3 is 9.94 Å². The van der Waals surface area contributed by atoms with Crippen LogP contribution in [0.1, 0.15) is 11.1 Å². The predicted molar refractivity (Wildman–Crippen MR) is 51.7 cm³/mol. The monoisotopic (exact) mass is 201 g/mol. The summed E-state index contributed by atoms with van der Waals surface area (Å²) in [6.07, 6.45) is 0.697. The maximum Gasteiger partial charge on any atom is 0.134 e. The van der Waals surface area contributed by atoms with E-state index in [0.29, 0.717) is 18.1 Å². The third-order valence-electron chi connectivity index (χ3n) is 1.89. The first-order valence-electron chi connectivity index (χ1n) is 3.95. The molecule has 3 N–H and O–H groups in total. The van der Waals surface area contributed by atoms with Crippen molar-refractivity contribution < 1.29 is 9.94 Å². The highest BCUT2D eigenvalue weighted by molar-refractivity contribution is 6.32. The van der Waals surface area contributed by atoms with Crippen molar-refractivity contribution in [3.8, 4) is 5.75 Å². The largest absolute Gasteiger partial charge is 0.506 e. The Bertz CT molecular complexity index is 302. The molecule has 0 heterocycles. The van der Waals surface area contributed by atoms with E-state index in [-0.39, 0.29) is 5.75 Å². The van der Waals surface area contributed by atoms with E-state index >= 15 is 0 Å². The van der Waals surface area contributed by atoms with Gasteiger partial charge in [-0.2, -0.15) is 0 Å². The minimum atomic E-state index is 0.108. The van der Waals surface area contributed by atoms with E-state index in [1.165, 1.54) is 0 Å². The molecule has 1 aromatic rings. The van der Waals surface area contributed by atoms with Crippen LogP contribution in [0.2, 0.25) is 5.02 Å². The Kier molecular flexibility index (Phi) is 3.54. The minimum absolute atomic E-state index is 0.108. The first-order valence-corrected chi connectivity index (χ1v) is 4.32. The van der Waals surface area contributed by atoms with Crippen LogP contribution in [0.15, 0.2) is 12.1 Å². The van der Waals surface area contributed by atoms with Crippen LogP contribution in [-0.2, 0) is 11.3 Å². The summed E-state index contributed by atoms with van der Waals surface area (Å²) in [4.78, 5) is 4.47. The molecule has 0 saturated heterocycles. The maximum absolute atomic E-state index is 9.26. The van der Waals surface area contributed by atoms with Crippen LogP contribution in [0, 0.1) is 6.92 Å². The molecular weight excluding hydrogens is 190 g/mol. The van der Waals surface area contributed by atoms with Gasteiger partial charge in [0.15, 0.2) is 0 Å². The Labute approximate surface area is 82.0 Å². The highest BCUT2D eigenvalue weighted by atomic mass is 35.5. The predicted octanol–water partition coefficient (Wildman–Crippen LogP) is 1.79. The van der Waals surface area contributed by atoms with E-state index < -0.39 is 0 Å². The average molecular weight is 202 g/mol. The summed E-state index contributed by atoms with van der Waals surface area (Å²) >= 11 is 5.74. The summed E-state index contributed by atoms with van der Waals surface area (Å²) in [5, 5.41) is 9.62. The molecule has 0 atom stereocenters. The summed E-state index contributed by atoms with van der Waals surface area (Å²) in [6.45, 7) is 2.35. The topological polar surface area (TPSA) is 55.5 Å². The Morgan fingerprint density at radius 1 is 1.54 bits per heavy atom. The van der Waals surface area contributed by atoms with Gasteiger partial charge in [-0.25, -0.2) is 5.90 Å². The lowest BCUT2D eigenvalue weighted by Gasteiger charge is -2.06. The van der Waals surface area contributed by atoms with Crippen molar-refractivity contribution in [1.82, 2.24) is 0 Å². The van der Waals surface area contributed by atoms with E-state index in [0.717, 1.165) is 11.1 Å². The van der Waals surface area contributed by atoms with Crippen molar-refractivity contribution >= 4 is 11.6 Å². The van der Waals surface area contributed by atoms with Crippen LogP contribution >= 0.6 is 11.6 Å². The zero-order valence-corrected chi connectivity index (χ0v) is 8.14. The number of aryl methyl sites for hydroxylation is 1. The number of benzene rings is 1. The van der Waals surface area contributed by atoms with Crippen LogP contribution in [0.4, 0.5) is 0 Å². The molecule has 0 fully saturated rings. The molecule has 1 aromatic carbocycles. The number of aromatic hydroxyl groups is 1. The van der Waals surface area contributed by atoms with Gasteiger partial charge in [0, 0.05) is 0 Å². The fourth-order valence-electron chi connectivity index (χ4n) is 1.15. The van der Waals surface area contributed by atoms with Gasteiger partial charge in [0.2, 0.25) is 0 Å². The Morgan fingerprint density at radius 3 is 2.85 bits per heavy atom. The summed E-state index contributed by atoms with van der Waals surface area (Å²) < 4.78 is 0. The number of rotatable bonds is 3. The molecule has 3 nitrogen and oxygen atoms in total. The Hall–Kier alpha value is -0.770. The van der Waals surface area contributed by atoms with Gasteiger partial charge in [-0.15, -0.1) is 0 Å². The van der Waals surface area contributed by atoms with Gasteiger partial charge in [-0.05, 0) is 36.6 Å². The van der Waals surface area contributed by atoms with Crippen molar-refractivity contribution in [3.63, 3.8) is 0 Å². The van der Waals surface area contributed by atoms with E-state index in [4.69, 9.17) is 17.5 Å². The van der Waals surface area contributed by atoms with Gasteiger partial charge in [0.25, 0.3) is 0 Å². The van der Waals surface area contributed by atoms with Gasteiger partial charge in [0.05, 0.1) is 11.6 Å². The molecule has 0 aliphatic heterocycles. The molecule has 0 aliphatic carbocycles. The summed E-state index contributed by atoms with van der Waals surface area (Å²) in [6, 6.07) is 3.36. The van der Waals surface area contributed by atoms with Gasteiger partial charge >= 0.3 is 0 Å². The molecule has 0 radical (unpaired) electrons. The minimum Gasteiger partial charge on any atom is -0.506 e. The number of hydrogen-bond donors (Lipinski definition) is 2. The molecule has 0 aromatic heterocycles. The zero-order chi connectivity index (χ0) is 9.84. The standard InChI is InChI=1S/C9H12ClNO2/c1-6-4-9(12)8(10)5-7(6)2-3-13-11/h4-5,12H,2-3,11H2,1H3. The van der Waals surface area contributed by atoms with Gasteiger partial charge in [-0.3, -0.25) is 0 Å². The second-order valence-corrected chi connectivity index (χ2v) is 3.26. The molecule has 4 heteroatoms. The molecule has 13 heavy (non-hydrogen) atoms. The fraction of sp³-hybridized carbons (Fsp3) is 0.333. The lowest BCUT2D eigenvalue weighted by atomic mass is 10.1. The average Bonchev–Trinajstić information content (AvgIpc) is 2.09. The van der Waals surface area contributed by atoms with E-state index in [9.17, 15) is 5.11 Å². The molecule has 72 valence electrons. The first kappa shape index (κ1) is 10.3. The van der Waals surface area contributed by atoms with Crippen LogP contribution in [0.3, 0.4) is 0 Å². The lowest BCUT2D eigenvalue weighted by Crippen LogP contribution is -2.04. The maximum atomic E-state index is 9.26. The third-order valence-corrected chi connectivity index (χ3v) is 2.20. The molecule has 0 amide bonds. The molecular formula is C9H12ClNO2. The summed E-state index contributed by atoms with van der Waals surface area (Å²) in [5.74, 6) is 5.02. The molecule has 1 rings (SSSR count). The molecule has 0 spiro atoms. The zero-order valence-electron chi connectivity index (χ0n) is 7.38. The van der Waals surface area contributed by atoms with E-state index in [1.54, 1.807) is 12.1 Å². The second kappa shape index (κ2) is 4.46. The first-order chi connectivity index (χ1) is 6.15. The van der Waals surface area contributed by atoms with Crippen LogP contribution in [0.5, 0.6) is 5.75 Å². The van der Waals surface area contributed by atoms with Crippen molar-refractivity contribution in [2.75, 3.05) is 6.61 Å². The molecule has 0 saturated carbocycles. The highest BCUT2D eigenvalue weighted by Gasteiger charge is 2.04. The van der Waals surface area contributed by atoms with Crippen LogP contribution < -0.4 is 5.90 Å². The lowest BCUT2D eigenvalue weighted by molar-refractivity contribution is 0.141. The number of halogens is 1. The normalized spacial score (nSPS) is 10.4. The quantitative estimate of drug-likeness (QED) is 0.734. The smallest absolute Gasteiger partial charge is 0.134 e. The SMILES string of the molecule is Cc1cc(O)c(Cl)cc1CCON. The van der Waals surface area contributed by atoms with Crippen molar-refractivity contribution in [2.45, 2.75) is 13.3 Å². The van der Waals surface area contributed by atoms with Crippen molar-refractivity contribution in [3.05, 3.63) is 28.3 Å². The highest BCUT2D eigenvalue weighted by Crippen LogP contribution is 2.26. The van der Waals surface area contributed by atoms with E-state index in [2.05, 4.69) is 4.84 Å². The molecule has 0 unspecified atom stereocenters. The second-order valence-electron chi connectivity index (χ2n) is 2.85. The Morgan fingerprint density at radius 2 is 2.23 bits per heavy atom. The number of phenolic OH excluding ortho intramolecular Hbond substituents is 1. The van der Waals surface area contributed by atoms with Crippen LogP contribution in [0.25, 0.3) is 0 Å². The Balaban J connectivity index is 2.88. The van der Waals surface area contributed by atoms with Crippen LogP contribution in [-0.4, -0.2) is 11.7 Å². The summed E-state index contributed by atoms with van der Waals surface area (Å²) in [7, 11) is 0.